The van der Waals surface area contributed by atoms with Gasteiger partial charge in [0.1, 0.15) is 0 Å². The van der Waals surface area contributed by atoms with Gasteiger partial charge in [-0.05, 0) is 23.8 Å². The van der Waals surface area contributed by atoms with Crippen LogP contribution < -0.4 is 5.46 Å². The highest BCUT2D eigenvalue weighted by atomic mass is 32.1. The molecule has 2 aromatic rings. The van der Waals surface area contributed by atoms with Gasteiger partial charge in [0.15, 0.2) is 5.13 Å². The Hall–Kier alpha value is -0.905. The van der Waals surface area contributed by atoms with Crippen molar-refractivity contribution in [2.24, 2.45) is 0 Å². The van der Waals surface area contributed by atoms with Gasteiger partial charge in [-0.15, -0.1) is 11.3 Å². The summed E-state index contributed by atoms with van der Waals surface area (Å²) in [5.74, 6) is 0. The quantitative estimate of drug-likeness (QED) is 0.690. The lowest BCUT2D eigenvalue weighted by Crippen LogP contribution is -2.29. The molecule has 72 valence electrons. The summed E-state index contributed by atoms with van der Waals surface area (Å²) in [6.07, 6.45) is 0. The maximum absolute atomic E-state index is 13.2. The highest BCUT2D eigenvalue weighted by Gasteiger charge is 2.14. The molecule has 0 aliphatic carbocycles. The zero-order valence-electron chi connectivity index (χ0n) is 7.49. The first-order chi connectivity index (χ1) is 6.59. The zero-order valence-corrected chi connectivity index (χ0v) is 8.31. The number of hydrogen-bond donors (Lipinski definition) is 2. The first kappa shape index (κ1) is 9.64. The van der Waals surface area contributed by atoms with Gasteiger partial charge in [0, 0.05) is 10.3 Å². The fourth-order valence-corrected chi connectivity index (χ4v) is 2.28. The molecule has 1 aromatic heterocycles. The number of halogens is 1. The number of rotatable bonds is 1. The third-order valence-electron chi connectivity index (χ3n) is 2.20. The fourth-order valence-electron chi connectivity index (χ4n) is 1.37. The molecule has 0 radical (unpaired) electrons. The number of thiophene rings is 1. The Kier molecular flexibility index (Phi) is 2.30. The molecule has 1 heterocycles. The van der Waals surface area contributed by atoms with E-state index in [-0.39, 0.29) is 5.13 Å². The van der Waals surface area contributed by atoms with E-state index in [9.17, 15) is 4.39 Å². The van der Waals surface area contributed by atoms with E-state index in [0.29, 0.717) is 11.0 Å². The van der Waals surface area contributed by atoms with E-state index in [1.165, 1.54) is 0 Å². The zero-order chi connectivity index (χ0) is 10.3. The molecule has 0 unspecified atom stereocenters. The van der Waals surface area contributed by atoms with E-state index in [2.05, 4.69) is 0 Å². The third-order valence-corrected chi connectivity index (χ3v) is 3.26. The van der Waals surface area contributed by atoms with Crippen LogP contribution in [0, 0.1) is 12.1 Å². The van der Waals surface area contributed by atoms with Crippen LogP contribution in [0.4, 0.5) is 4.39 Å². The van der Waals surface area contributed by atoms with Crippen LogP contribution in [0.3, 0.4) is 0 Å². The van der Waals surface area contributed by atoms with Crippen molar-refractivity contribution >= 4 is 34.0 Å². The standard InChI is InChI=1S/C9H8BFO2S/c1-5-7-4-6(10(12)13)2-3-8(7)14-9(5)11/h2-4,12-13H,1H3. The molecule has 5 heteroatoms. The van der Waals surface area contributed by atoms with E-state index < -0.39 is 7.12 Å². The second-order valence-corrected chi connectivity index (χ2v) is 4.13. The van der Waals surface area contributed by atoms with Gasteiger partial charge in [-0.2, -0.15) is 4.39 Å². The lowest BCUT2D eigenvalue weighted by atomic mass is 9.80. The summed E-state index contributed by atoms with van der Waals surface area (Å²) in [6, 6.07) is 4.89. The summed E-state index contributed by atoms with van der Waals surface area (Å²) in [7, 11) is -1.50. The van der Waals surface area contributed by atoms with Gasteiger partial charge >= 0.3 is 7.12 Å². The van der Waals surface area contributed by atoms with Gasteiger partial charge in [-0.25, -0.2) is 0 Å². The number of benzene rings is 1. The molecular weight excluding hydrogens is 202 g/mol. The highest BCUT2D eigenvalue weighted by Crippen LogP contribution is 2.28. The lowest BCUT2D eigenvalue weighted by molar-refractivity contribution is 0.426. The molecule has 14 heavy (non-hydrogen) atoms. The number of aryl methyl sites for hydroxylation is 1. The average Bonchev–Trinajstić information content (AvgIpc) is 2.43. The summed E-state index contributed by atoms with van der Waals surface area (Å²) in [4.78, 5) is 0. The van der Waals surface area contributed by atoms with Crippen molar-refractivity contribution in [3.05, 3.63) is 28.9 Å². The summed E-state index contributed by atoms with van der Waals surface area (Å²) in [5, 5.41) is 18.4. The van der Waals surface area contributed by atoms with Crippen molar-refractivity contribution in [3.8, 4) is 0 Å². The fraction of sp³-hybridized carbons (Fsp3) is 0.111. The van der Waals surface area contributed by atoms with Crippen molar-refractivity contribution < 1.29 is 14.4 Å². The predicted molar refractivity (Wildman–Crippen MR) is 56.3 cm³/mol. The molecule has 0 saturated carbocycles. The second kappa shape index (κ2) is 3.35. The Morgan fingerprint density at radius 3 is 2.71 bits per heavy atom. The van der Waals surface area contributed by atoms with Gasteiger partial charge in [-0.1, -0.05) is 12.1 Å². The minimum atomic E-state index is -1.50. The normalized spacial score (nSPS) is 10.9. The molecule has 2 rings (SSSR count). The Bertz CT molecular complexity index is 481. The smallest absolute Gasteiger partial charge is 0.423 e. The topological polar surface area (TPSA) is 40.5 Å². The van der Waals surface area contributed by atoms with Gasteiger partial charge in [0.2, 0.25) is 0 Å². The molecule has 0 bridgehead atoms. The Balaban J connectivity index is 2.69. The average molecular weight is 210 g/mol. The van der Waals surface area contributed by atoms with Crippen LogP contribution in [0.1, 0.15) is 5.56 Å². The van der Waals surface area contributed by atoms with Crippen molar-refractivity contribution in [1.29, 1.82) is 0 Å². The molecule has 0 fully saturated rings. The molecule has 0 aliphatic heterocycles. The van der Waals surface area contributed by atoms with Gasteiger partial charge in [0.25, 0.3) is 0 Å². The van der Waals surface area contributed by atoms with Gasteiger partial charge in [-0.3, -0.25) is 0 Å². The van der Waals surface area contributed by atoms with Crippen LogP contribution in [0.5, 0.6) is 0 Å². The van der Waals surface area contributed by atoms with E-state index >= 15 is 0 Å². The maximum atomic E-state index is 13.2. The second-order valence-electron chi connectivity index (χ2n) is 3.13. The summed E-state index contributed by atoms with van der Waals surface area (Å²) < 4.78 is 14.0. The monoisotopic (exact) mass is 210 g/mol. The Labute approximate surface area is 84.8 Å². The molecule has 0 aliphatic rings. The van der Waals surface area contributed by atoms with Crippen LogP contribution in [-0.4, -0.2) is 17.2 Å². The SMILES string of the molecule is Cc1c(F)sc2ccc(B(O)O)cc12. The van der Waals surface area contributed by atoms with Gasteiger partial charge < -0.3 is 10.0 Å². The summed E-state index contributed by atoms with van der Waals surface area (Å²) >= 11 is 1.07. The molecule has 0 amide bonds. The third kappa shape index (κ3) is 1.43. The Morgan fingerprint density at radius 2 is 2.07 bits per heavy atom. The lowest BCUT2D eigenvalue weighted by Gasteiger charge is -1.99. The van der Waals surface area contributed by atoms with Crippen molar-refractivity contribution in [2.75, 3.05) is 0 Å². The maximum Gasteiger partial charge on any atom is 0.488 e. The highest BCUT2D eigenvalue weighted by molar-refractivity contribution is 7.17. The van der Waals surface area contributed by atoms with E-state index in [1.54, 1.807) is 25.1 Å². The van der Waals surface area contributed by atoms with E-state index in [1.807, 2.05) is 0 Å². The molecule has 0 spiro atoms. The number of fused-ring (bicyclic) bond motifs is 1. The van der Waals surface area contributed by atoms with E-state index in [0.717, 1.165) is 21.4 Å². The molecular formula is C9H8BFO2S. The van der Waals surface area contributed by atoms with Crippen molar-refractivity contribution in [3.63, 3.8) is 0 Å². The van der Waals surface area contributed by atoms with Crippen molar-refractivity contribution in [1.82, 2.24) is 0 Å². The van der Waals surface area contributed by atoms with Crippen LogP contribution in [0.15, 0.2) is 18.2 Å². The minimum Gasteiger partial charge on any atom is -0.423 e. The summed E-state index contributed by atoms with van der Waals surface area (Å²) in [5.41, 5.74) is 0.950. The number of hydrogen-bond acceptors (Lipinski definition) is 3. The van der Waals surface area contributed by atoms with Crippen LogP contribution >= 0.6 is 11.3 Å². The predicted octanol–water partition coefficient (Wildman–Crippen LogP) is 1.03. The minimum absolute atomic E-state index is 0.218. The van der Waals surface area contributed by atoms with E-state index in [4.69, 9.17) is 10.0 Å². The van der Waals surface area contributed by atoms with Crippen LogP contribution in [-0.2, 0) is 0 Å². The summed E-state index contributed by atoms with van der Waals surface area (Å²) in [6.45, 7) is 1.68. The Morgan fingerprint density at radius 1 is 1.36 bits per heavy atom. The van der Waals surface area contributed by atoms with Gasteiger partial charge in [0.05, 0.1) is 0 Å². The molecule has 2 N–H and O–H groups in total. The molecule has 2 nitrogen and oxygen atoms in total. The van der Waals surface area contributed by atoms with Crippen LogP contribution in [0.25, 0.3) is 10.1 Å². The first-order valence-corrected chi connectivity index (χ1v) is 4.96. The largest absolute Gasteiger partial charge is 0.488 e. The molecule has 0 saturated heterocycles. The molecule has 0 atom stereocenters. The first-order valence-electron chi connectivity index (χ1n) is 4.14. The van der Waals surface area contributed by atoms with Crippen LogP contribution in [0.2, 0.25) is 0 Å². The van der Waals surface area contributed by atoms with Crippen molar-refractivity contribution in [2.45, 2.75) is 6.92 Å². The molecule has 1 aromatic carbocycles.